The van der Waals surface area contributed by atoms with Crippen molar-refractivity contribution in [3.05, 3.63) is 93.8 Å². The Morgan fingerprint density at radius 1 is 1.03 bits per heavy atom. The lowest BCUT2D eigenvalue weighted by Crippen LogP contribution is -2.30. The number of para-hydroxylation sites is 1. The van der Waals surface area contributed by atoms with E-state index in [4.69, 9.17) is 11.6 Å². The molecule has 0 atom stereocenters. The summed E-state index contributed by atoms with van der Waals surface area (Å²) < 4.78 is 39.6. The number of benzene rings is 3. The number of carbonyl (C=O) groups excluding carboxylic acids is 1. The van der Waals surface area contributed by atoms with Crippen molar-refractivity contribution in [2.75, 3.05) is 15.9 Å². The van der Waals surface area contributed by atoms with Crippen molar-refractivity contribution in [1.29, 1.82) is 0 Å². The van der Waals surface area contributed by atoms with E-state index in [2.05, 4.69) is 5.32 Å². The Labute approximate surface area is 186 Å². The minimum Gasteiger partial charge on any atom is -0.322 e. The van der Waals surface area contributed by atoms with Crippen molar-refractivity contribution in [3.8, 4) is 0 Å². The third-order valence-electron chi connectivity index (χ3n) is 4.81. The summed E-state index contributed by atoms with van der Waals surface area (Å²) in [6.07, 6.45) is 1.18. The van der Waals surface area contributed by atoms with E-state index < -0.39 is 15.8 Å². The molecule has 3 aromatic carbocycles. The maximum atomic E-state index is 13.3. The minimum atomic E-state index is -3.53. The third-order valence-corrected chi connectivity index (χ3v) is 6.21. The Hall–Kier alpha value is -2.90. The van der Waals surface area contributed by atoms with Crippen LogP contribution in [0.2, 0.25) is 5.02 Å². The molecule has 162 valence electrons. The van der Waals surface area contributed by atoms with Crippen molar-refractivity contribution in [2.45, 2.75) is 20.4 Å². The summed E-state index contributed by atoms with van der Waals surface area (Å²) in [6, 6.07) is 16.2. The molecule has 31 heavy (non-hydrogen) atoms. The smallest absolute Gasteiger partial charge is 0.255 e. The lowest BCUT2D eigenvalue weighted by Gasteiger charge is -2.26. The van der Waals surface area contributed by atoms with Crippen LogP contribution in [0.25, 0.3) is 0 Å². The minimum absolute atomic E-state index is 0.0829. The number of hydrogen-bond acceptors (Lipinski definition) is 3. The Morgan fingerprint density at radius 2 is 1.65 bits per heavy atom. The van der Waals surface area contributed by atoms with Gasteiger partial charge in [-0.25, -0.2) is 12.8 Å². The van der Waals surface area contributed by atoms with Gasteiger partial charge in [0, 0.05) is 11.3 Å². The van der Waals surface area contributed by atoms with Crippen LogP contribution in [-0.4, -0.2) is 20.6 Å². The molecule has 0 saturated carbocycles. The Balaban J connectivity index is 1.81. The van der Waals surface area contributed by atoms with Crippen LogP contribution >= 0.6 is 11.6 Å². The van der Waals surface area contributed by atoms with Crippen LogP contribution < -0.4 is 9.62 Å². The van der Waals surface area contributed by atoms with E-state index in [1.807, 2.05) is 32.0 Å². The van der Waals surface area contributed by atoms with Crippen molar-refractivity contribution in [1.82, 2.24) is 0 Å². The fourth-order valence-electron chi connectivity index (χ4n) is 3.27. The number of rotatable bonds is 6. The van der Waals surface area contributed by atoms with Gasteiger partial charge in [0.15, 0.2) is 0 Å². The van der Waals surface area contributed by atoms with E-state index >= 15 is 0 Å². The number of nitrogens with zero attached hydrogens (tertiary/aromatic N) is 1. The number of aryl methyl sites for hydroxylation is 2. The van der Waals surface area contributed by atoms with Crippen LogP contribution in [0.5, 0.6) is 0 Å². The van der Waals surface area contributed by atoms with E-state index in [1.165, 1.54) is 28.8 Å². The molecule has 1 amide bonds. The zero-order chi connectivity index (χ0) is 22.8. The molecule has 0 spiro atoms. The molecule has 0 heterocycles. The molecular formula is C23H22ClFN2O3S. The number of hydrogen-bond donors (Lipinski definition) is 1. The highest BCUT2D eigenvalue weighted by atomic mass is 35.5. The second-order valence-electron chi connectivity index (χ2n) is 7.29. The maximum absolute atomic E-state index is 13.3. The molecule has 3 rings (SSSR count). The van der Waals surface area contributed by atoms with Gasteiger partial charge >= 0.3 is 0 Å². The molecule has 0 bridgehead atoms. The van der Waals surface area contributed by atoms with Crippen molar-refractivity contribution in [2.24, 2.45) is 0 Å². The second kappa shape index (κ2) is 9.08. The van der Waals surface area contributed by atoms with Gasteiger partial charge < -0.3 is 5.32 Å². The second-order valence-corrected chi connectivity index (χ2v) is 9.60. The van der Waals surface area contributed by atoms with Crippen molar-refractivity contribution < 1.29 is 17.6 Å². The summed E-state index contributed by atoms with van der Waals surface area (Å²) in [5.74, 6) is -0.952. The summed E-state index contributed by atoms with van der Waals surface area (Å²) in [5.41, 5.74) is 3.86. The largest absolute Gasteiger partial charge is 0.322 e. The molecule has 0 aliphatic heterocycles. The molecule has 0 unspecified atom stereocenters. The molecule has 0 radical (unpaired) electrons. The van der Waals surface area contributed by atoms with E-state index in [1.54, 1.807) is 24.3 Å². The number of carbonyl (C=O) groups is 1. The molecular weight excluding hydrogens is 439 g/mol. The van der Waals surface area contributed by atoms with E-state index in [0.717, 1.165) is 16.7 Å². The average molecular weight is 461 g/mol. The summed E-state index contributed by atoms with van der Waals surface area (Å²) in [4.78, 5) is 12.5. The van der Waals surface area contributed by atoms with Gasteiger partial charge in [-0.15, -0.1) is 0 Å². The van der Waals surface area contributed by atoms with Crippen LogP contribution in [0, 0.1) is 19.7 Å². The topological polar surface area (TPSA) is 66.5 Å². The number of anilines is 2. The Kier molecular flexibility index (Phi) is 6.67. The molecule has 0 aliphatic carbocycles. The predicted octanol–water partition coefficient (Wildman–Crippen LogP) is 5.31. The molecule has 0 aromatic heterocycles. The zero-order valence-electron chi connectivity index (χ0n) is 17.3. The first-order valence-corrected chi connectivity index (χ1v) is 11.7. The van der Waals surface area contributed by atoms with Gasteiger partial charge in [0.25, 0.3) is 5.91 Å². The van der Waals surface area contributed by atoms with Gasteiger partial charge in [0.2, 0.25) is 10.0 Å². The summed E-state index contributed by atoms with van der Waals surface area (Å²) >= 11 is 5.74. The molecule has 8 heteroatoms. The summed E-state index contributed by atoms with van der Waals surface area (Å²) in [5, 5.41) is 2.57. The van der Waals surface area contributed by atoms with Crippen LogP contribution in [0.1, 0.15) is 27.0 Å². The molecule has 0 fully saturated rings. The first-order chi connectivity index (χ1) is 14.6. The quantitative estimate of drug-likeness (QED) is 0.541. The monoisotopic (exact) mass is 460 g/mol. The van der Waals surface area contributed by atoms with Gasteiger partial charge in [-0.1, -0.05) is 41.9 Å². The summed E-state index contributed by atoms with van der Waals surface area (Å²) in [6.45, 7) is 3.88. The predicted molar refractivity (Wildman–Crippen MR) is 123 cm³/mol. The normalized spacial score (nSPS) is 11.3. The van der Waals surface area contributed by atoms with Crippen molar-refractivity contribution in [3.63, 3.8) is 0 Å². The lowest BCUT2D eigenvalue weighted by atomic mass is 10.1. The zero-order valence-corrected chi connectivity index (χ0v) is 18.9. The standard InChI is InChI=1S/C23H22ClFN2O3S/c1-15-5-4-6-16(2)22(15)27(31(3,29)30)14-17-7-9-18(10-8-17)23(28)26-19-11-12-21(25)20(24)13-19/h4-13H,14H2,1-3H3,(H,26,28). The van der Waals surface area contributed by atoms with E-state index in [0.29, 0.717) is 16.9 Å². The molecule has 0 saturated heterocycles. The van der Waals surface area contributed by atoms with Crippen LogP contribution in [-0.2, 0) is 16.6 Å². The van der Waals surface area contributed by atoms with Gasteiger partial charge in [-0.2, -0.15) is 0 Å². The highest BCUT2D eigenvalue weighted by Gasteiger charge is 2.21. The molecule has 3 aromatic rings. The fourth-order valence-corrected chi connectivity index (χ4v) is 4.45. The Morgan fingerprint density at radius 3 is 2.19 bits per heavy atom. The van der Waals surface area contributed by atoms with E-state index in [9.17, 15) is 17.6 Å². The fraction of sp³-hybridized carbons (Fsp3) is 0.174. The first-order valence-electron chi connectivity index (χ1n) is 9.45. The number of sulfonamides is 1. The van der Waals surface area contributed by atoms with Crippen LogP contribution in [0.3, 0.4) is 0 Å². The third kappa shape index (κ3) is 5.42. The number of amides is 1. The van der Waals surface area contributed by atoms with E-state index in [-0.39, 0.29) is 17.5 Å². The molecule has 0 aliphatic rings. The van der Waals surface area contributed by atoms with Crippen LogP contribution in [0.15, 0.2) is 60.7 Å². The van der Waals surface area contributed by atoms with Crippen molar-refractivity contribution >= 4 is 38.9 Å². The highest BCUT2D eigenvalue weighted by Crippen LogP contribution is 2.28. The average Bonchev–Trinajstić information content (AvgIpc) is 2.69. The summed E-state index contributed by atoms with van der Waals surface area (Å²) in [7, 11) is -3.53. The van der Waals surface area contributed by atoms with Crippen LogP contribution in [0.4, 0.5) is 15.8 Å². The Bertz CT molecular complexity index is 1210. The molecule has 1 N–H and O–H groups in total. The van der Waals surface area contributed by atoms with Gasteiger partial charge in [0.1, 0.15) is 5.82 Å². The first kappa shape index (κ1) is 22.8. The SMILES string of the molecule is Cc1cccc(C)c1N(Cc1ccc(C(=O)Nc2ccc(F)c(Cl)c2)cc1)S(C)(=O)=O. The number of nitrogens with one attached hydrogen (secondary N) is 1. The van der Waals surface area contributed by atoms with Gasteiger partial charge in [0.05, 0.1) is 23.5 Å². The van der Waals surface area contributed by atoms with Gasteiger partial charge in [-0.3, -0.25) is 9.10 Å². The lowest BCUT2D eigenvalue weighted by molar-refractivity contribution is 0.102. The van der Waals surface area contributed by atoms with Gasteiger partial charge in [-0.05, 0) is 60.9 Å². The highest BCUT2D eigenvalue weighted by molar-refractivity contribution is 7.92. The number of halogens is 2. The molecule has 5 nitrogen and oxygen atoms in total. The maximum Gasteiger partial charge on any atom is 0.255 e.